The van der Waals surface area contributed by atoms with Crippen LogP contribution >= 0.6 is 0 Å². The van der Waals surface area contributed by atoms with Crippen LogP contribution in [-0.2, 0) is 21.2 Å². The summed E-state index contributed by atoms with van der Waals surface area (Å²) in [6.45, 7) is 7.71. The van der Waals surface area contributed by atoms with Crippen molar-refractivity contribution in [3.05, 3.63) is 94.8 Å². The molecule has 0 N–H and O–H groups in total. The number of aryl methyl sites for hydroxylation is 3. The molecule has 0 unspecified atom stereocenters. The highest BCUT2D eigenvalue weighted by Gasteiger charge is 2.32. The Morgan fingerprint density at radius 2 is 1.49 bits per heavy atom. The summed E-state index contributed by atoms with van der Waals surface area (Å²) in [6, 6.07) is 19.8. The average molecular weight is 524 g/mol. The number of benzene rings is 3. The Kier molecular flexibility index (Phi) is 8.29. The number of anilines is 1. The number of rotatable bonds is 8. The molecule has 4 rings (SSSR count). The molecule has 1 amide bonds. The summed E-state index contributed by atoms with van der Waals surface area (Å²) >= 11 is 0. The number of carbonyl (C=O) groups is 1. The lowest BCUT2D eigenvalue weighted by atomic mass is 10.1. The molecule has 1 fully saturated rings. The van der Waals surface area contributed by atoms with Crippen LogP contribution in [0.5, 0.6) is 0 Å². The summed E-state index contributed by atoms with van der Waals surface area (Å²) in [5.74, 6) is -0.494. The van der Waals surface area contributed by atoms with Crippen molar-refractivity contribution in [2.24, 2.45) is 0 Å². The van der Waals surface area contributed by atoms with E-state index in [-0.39, 0.29) is 29.7 Å². The first-order valence-corrected chi connectivity index (χ1v) is 14.0. The predicted octanol–water partition coefficient (Wildman–Crippen LogP) is 4.33. The number of hydrogen-bond donors (Lipinski definition) is 0. The van der Waals surface area contributed by atoms with Crippen molar-refractivity contribution in [1.29, 1.82) is 0 Å². The molecule has 0 atom stereocenters. The van der Waals surface area contributed by atoms with Crippen molar-refractivity contribution in [3.63, 3.8) is 0 Å². The molecule has 8 heteroatoms. The SMILES string of the molecule is Cc1cc(C)c(S(=O)(=O)N(CCc2ccccc2)CC(=O)N2CCN(c3ccc(F)cc3)CC2)c(C)c1. The third-order valence-corrected chi connectivity index (χ3v) is 8.98. The molecule has 0 bridgehead atoms. The summed E-state index contributed by atoms with van der Waals surface area (Å²) in [6.07, 6.45) is 0.510. The van der Waals surface area contributed by atoms with E-state index in [1.165, 1.54) is 16.4 Å². The van der Waals surface area contributed by atoms with Crippen molar-refractivity contribution in [1.82, 2.24) is 9.21 Å². The topological polar surface area (TPSA) is 60.9 Å². The molecule has 3 aromatic rings. The van der Waals surface area contributed by atoms with E-state index in [1.807, 2.05) is 49.4 Å². The summed E-state index contributed by atoms with van der Waals surface area (Å²) in [5, 5.41) is 0. The number of sulfonamides is 1. The molecule has 0 saturated carbocycles. The van der Waals surface area contributed by atoms with Crippen LogP contribution < -0.4 is 4.90 Å². The molecule has 1 heterocycles. The molecule has 0 aromatic heterocycles. The third-order valence-electron chi connectivity index (χ3n) is 6.83. The lowest BCUT2D eigenvalue weighted by Gasteiger charge is -2.37. The van der Waals surface area contributed by atoms with Crippen LogP contribution in [0.4, 0.5) is 10.1 Å². The highest BCUT2D eigenvalue weighted by atomic mass is 32.2. The lowest BCUT2D eigenvalue weighted by molar-refractivity contribution is -0.131. The van der Waals surface area contributed by atoms with Gasteiger partial charge in [-0.25, -0.2) is 12.8 Å². The second kappa shape index (κ2) is 11.4. The van der Waals surface area contributed by atoms with Gasteiger partial charge in [0.15, 0.2) is 0 Å². The highest BCUT2D eigenvalue weighted by molar-refractivity contribution is 7.89. The van der Waals surface area contributed by atoms with E-state index in [4.69, 9.17) is 0 Å². The van der Waals surface area contributed by atoms with E-state index in [1.54, 1.807) is 30.9 Å². The second-order valence-electron chi connectivity index (χ2n) is 9.65. The minimum atomic E-state index is -3.90. The highest BCUT2D eigenvalue weighted by Crippen LogP contribution is 2.26. The average Bonchev–Trinajstić information content (AvgIpc) is 2.86. The molecule has 3 aromatic carbocycles. The van der Waals surface area contributed by atoms with Gasteiger partial charge in [-0.1, -0.05) is 48.0 Å². The number of piperazine rings is 1. The molecular weight excluding hydrogens is 489 g/mol. The standard InChI is InChI=1S/C29H34FN3O3S/c1-22-19-23(2)29(24(3)20-22)37(35,36)33(14-13-25-7-5-4-6-8-25)21-28(34)32-17-15-31(16-18-32)27-11-9-26(30)10-12-27/h4-12,19-20H,13-18,21H2,1-3H3. The largest absolute Gasteiger partial charge is 0.368 e. The van der Waals surface area contributed by atoms with Crippen LogP contribution in [0, 0.1) is 26.6 Å². The van der Waals surface area contributed by atoms with Crippen LogP contribution in [0.3, 0.4) is 0 Å². The van der Waals surface area contributed by atoms with Gasteiger partial charge in [-0.3, -0.25) is 4.79 Å². The van der Waals surface area contributed by atoms with Gasteiger partial charge >= 0.3 is 0 Å². The van der Waals surface area contributed by atoms with Crippen molar-refractivity contribution in [2.45, 2.75) is 32.1 Å². The van der Waals surface area contributed by atoms with Crippen LogP contribution in [0.15, 0.2) is 71.6 Å². The number of nitrogens with zero attached hydrogens (tertiary/aromatic N) is 3. The maximum absolute atomic E-state index is 13.9. The Balaban J connectivity index is 1.51. The van der Waals surface area contributed by atoms with Crippen molar-refractivity contribution >= 4 is 21.6 Å². The third kappa shape index (κ3) is 6.37. The first kappa shape index (κ1) is 26.8. The van der Waals surface area contributed by atoms with Gasteiger partial charge in [0.2, 0.25) is 15.9 Å². The molecule has 196 valence electrons. The molecule has 0 spiro atoms. The zero-order valence-corrected chi connectivity index (χ0v) is 22.5. The monoisotopic (exact) mass is 523 g/mol. The Morgan fingerprint density at radius 3 is 2.08 bits per heavy atom. The Bertz CT molecular complexity index is 1310. The van der Waals surface area contributed by atoms with Crippen molar-refractivity contribution in [2.75, 3.05) is 44.2 Å². The van der Waals surface area contributed by atoms with Gasteiger partial charge in [-0.15, -0.1) is 0 Å². The smallest absolute Gasteiger partial charge is 0.244 e. The molecule has 6 nitrogen and oxygen atoms in total. The van der Waals surface area contributed by atoms with Gasteiger partial charge < -0.3 is 9.80 Å². The van der Waals surface area contributed by atoms with E-state index in [2.05, 4.69) is 4.90 Å². The fourth-order valence-electron chi connectivity index (χ4n) is 5.00. The Labute approximate surface area is 219 Å². The van der Waals surface area contributed by atoms with Gasteiger partial charge in [0, 0.05) is 38.4 Å². The fraction of sp³-hybridized carbons (Fsp3) is 0.345. The maximum Gasteiger partial charge on any atom is 0.244 e. The van der Waals surface area contributed by atoms with Gasteiger partial charge in [-0.05, 0) is 68.1 Å². The van der Waals surface area contributed by atoms with Crippen LogP contribution in [0.1, 0.15) is 22.3 Å². The summed E-state index contributed by atoms with van der Waals surface area (Å²) in [5.41, 5.74) is 4.29. The second-order valence-corrected chi connectivity index (χ2v) is 11.5. The summed E-state index contributed by atoms with van der Waals surface area (Å²) in [4.78, 5) is 17.5. The molecule has 1 saturated heterocycles. The molecular formula is C29H34FN3O3S. The number of hydrogen-bond acceptors (Lipinski definition) is 4. The van der Waals surface area contributed by atoms with Gasteiger partial charge in [0.25, 0.3) is 0 Å². The fourth-order valence-corrected chi connectivity index (χ4v) is 6.80. The van der Waals surface area contributed by atoms with E-state index >= 15 is 0 Å². The van der Waals surface area contributed by atoms with Gasteiger partial charge in [0.05, 0.1) is 11.4 Å². The van der Waals surface area contributed by atoms with E-state index in [0.29, 0.717) is 43.7 Å². The van der Waals surface area contributed by atoms with E-state index in [0.717, 1.165) is 16.8 Å². The molecule has 37 heavy (non-hydrogen) atoms. The maximum atomic E-state index is 13.9. The van der Waals surface area contributed by atoms with Crippen LogP contribution in [0.25, 0.3) is 0 Å². The first-order chi connectivity index (χ1) is 17.6. The Morgan fingerprint density at radius 1 is 0.892 bits per heavy atom. The minimum absolute atomic E-state index is 0.209. The summed E-state index contributed by atoms with van der Waals surface area (Å²) < 4.78 is 42.4. The number of amides is 1. The van der Waals surface area contributed by atoms with Gasteiger partial charge in [-0.2, -0.15) is 4.31 Å². The molecule has 0 radical (unpaired) electrons. The van der Waals surface area contributed by atoms with Crippen molar-refractivity contribution in [3.8, 4) is 0 Å². The van der Waals surface area contributed by atoms with Crippen molar-refractivity contribution < 1.29 is 17.6 Å². The van der Waals surface area contributed by atoms with E-state index < -0.39 is 10.0 Å². The zero-order valence-electron chi connectivity index (χ0n) is 21.7. The van der Waals surface area contributed by atoms with Crippen LogP contribution in [-0.4, -0.2) is 62.8 Å². The molecule has 1 aliphatic rings. The minimum Gasteiger partial charge on any atom is -0.368 e. The number of carbonyl (C=O) groups excluding carboxylic acids is 1. The lowest BCUT2D eigenvalue weighted by Crippen LogP contribution is -2.52. The van der Waals surface area contributed by atoms with E-state index in [9.17, 15) is 17.6 Å². The summed E-state index contributed by atoms with van der Waals surface area (Å²) in [7, 11) is -3.90. The number of halogens is 1. The quantitative estimate of drug-likeness (QED) is 0.441. The predicted molar refractivity (Wildman–Crippen MR) is 145 cm³/mol. The molecule has 1 aliphatic heterocycles. The first-order valence-electron chi connectivity index (χ1n) is 12.6. The zero-order chi connectivity index (χ0) is 26.6. The van der Waals surface area contributed by atoms with Crippen LogP contribution in [0.2, 0.25) is 0 Å². The Hall–Kier alpha value is -3.23. The normalized spacial score (nSPS) is 14.3. The van der Waals surface area contributed by atoms with Gasteiger partial charge in [0.1, 0.15) is 5.82 Å². The molecule has 0 aliphatic carbocycles.